The number of carbonyl (C=O) groups excluding carboxylic acids is 1. The van der Waals surface area contributed by atoms with Crippen molar-refractivity contribution in [3.63, 3.8) is 0 Å². The van der Waals surface area contributed by atoms with Gasteiger partial charge >= 0.3 is 6.09 Å². The van der Waals surface area contributed by atoms with Crippen LogP contribution in [0, 0.1) is 5.92 Å². The number of piperidine rings is 1. The Bertz CT molecular complexity index is 620. The lowest BCUT2D eigenvalue weighted by Crippen LogP contribution is -2.42. The number of likely N-dealkylation sites (tertiary alicyclic amines) is 1. The Balaban J connectivity index is 2.03. The number of hydrogen-bond donors (Lipinski definition) is 0. The molecule has 0 saturated carbocycles. The molecule has 0 spiro atoms. The van der Waals surface area contributed by atoms with Gasteiger partial charge in [0, 0.05) is 19.2 Å². The first kappa shape index (κ1) is 20.2. The molecule has 6 heteroatoms. The second kappa shape index (κ2) is 8.05. The van der Waals surface area contributed by atoms with Gasteiger partial charge in [0.25, 0.3) is 0 Å². The lowest BCUT2D eigenvalue weighted by atomic mass is 9.81. The maximum absolute atomic E-state index is 12.2. The number of ether oxygens (including phenoxy) is 2. The van der Waals surface area contributed by atoms with Gasteiger partial charge in [-0.05, 0) is 57.1 Å². The van der Waals surface area contributed by atoms with Gasteiger partial charge in [0.2, 0.25) is 0 Å². The fraction of sp³-hybridized carbons (Fsp3) is 0.632. The molecule has 1 unspecified atom stereocenters. The molecule has 2 rings (SSSR count). The van der Waals surface area contributed by atoms with Crippen molar-refractivity contribution in [1.29, 1.82) is 0 Å². The van der Waals surface area contributed by atoms with Gasteiger partial charge in [-0.1, -0.05) is 30.1 Å². The minimum absolute atomic E-state index is 0.231. The van der Waals surface area contributed by atoms with Crippen molar-refractivity contribution >= 4 is 29.3 Å². The van der Waals surface area contributed by atoms with Crippen molar-refractivity contribution in [1.82, 2.24) is 4.90 Å². The van der Waals surface area contributed by atoms with E-state index in [1.165, 1.54) is 0 Å². The minimum atomic E-state index is -0.464. The normalized spacial score (nSPS) is 17.3. The maximum atomic E-state index is 12.2. The van der Waals surface area contributed by atoms with Gasteiger partial charge in [-0.15, -0.1) is 0 Å². The Morgan fingerprint density at radius 1 is 1.20 bits per heavy atom. The summed E-state index contributed by atoms with van der Waals surface area (Å²) >= 11 is 12.3. The van der Waals surface area contributed by atoms with E-state index in [2.05, 4.69) is 6.92 Å². The van der Waals surface area contributed by atoms with Crippen molar-refractivity contribution in [3.8, 4) is 5.75 Å². The zero-order chi connectivity index (χ0) is 18.8. The highest BCUT2D eigenvalue weighted by Gasteiger charge is 2.30. The molecule has 0 N–H and O–H groups in total. The molecule has 140 valence electrons. The highest BCUT2D eigenvalue weighted by Crippen LogP contribution is 2.40. The predicted octanol–water partition coefficient (Wildman–Crippen LogP) is 5.75. The van der Waals surface area contributed by atoms with Crippen LogP contribution in [0.1, 0.15) is 52.0 Å². The van der Waals surface area contributed by atoms with Crippen LogP contribution in [0.3, 0.4) is 0 Å². The number of halogens is 2. The molecule has 1 aromatic carbocycles. The standard InChI is InChI=1S/C19H27Cl2NO3/c1-12(14-10-15(20)16(21)11-17(14)24-5)13-6-8-22(9-7-13)18(23)25-19(2,3)4/h10-13H,6-9H2,1-5H3. The number of benzene rings is 1. The second-order valence-electron chi connectivity index (χ2n) is 7.60. The van der Waals surface area contributed by atoms with Crippen LogP contribution in [-0.4, -0.2) is 36.8 Å². The summed E-state index contributed by atoms with van der Waals surface area (Å²) in [6, 6.07) is 3.67. The molecule has 0 radical (unpaired) electrons. The predicted molar refractivity (Wildman–Crippen MR) is 102 cm³/mol. The lowest BCUT2D eigenvalue weighted by molar-refractivity contribution is 0.0175. The summed E-state index contributed by atoms with van der Waals surface area (Å²) in [5.74, 6) is 1.48. The van der Waals surface area contributed by atoms with Crippen LogP contribution in [0.15, 0.2) is 12.1 Å². The van der Waals surface area contributed by atoms with E-state index in [1.54, 1.807) is 18.1 Å². The summed E-state index contributed by atoms with van der Waals surface area (Å²) in [4.78, 5) is 14.0. The van der Waals surface area contributed by atoms with Crippen molar-refractivity contribution in [3.05, 3.63) is 27.7 Å². The molecule has 4 nitrogen and oxygen atoms in total. The third-order valence-corrected chi connectivity index (χ3v) is 5.38. The summed E-state index contributed by atoms with van der Waals surface area (Å²) in [6.07, 6.45) is 1.61. The Morgan fingerprint density at radius 2 is 1.76 bits per heavy atom. The molecule has 0 aliphatic carbocycles. The van der Waals surface area contributed by atoms with Crippen molar-refractivity contribution < 1.29 is 14.3 Å². The van der Waals surface area contributed by atoms with Crippen LogP contribution in [0.25, 0.3) is 0 Å². The quantitative estimate of drug-likeness (QED) is 0.662. The van der Waals surface area contributed by atoms with Gasteiger partial charge < -0.3 is 14.4 Å². The maximum Gasteiger partial charge on any atom is 0.410 e. The number of amides is 1. The van der Waals surface area contributed by atoms with Crippen LogP contribution in [0.5, 0.6) is 5.75 Å². The zero-order valence-electron chi connectivity index (χ0n) is 15.6. The van der Waals surface area contributed by atoms with Crippen molar-refractivity contribution in [2.75, 3.05) is 20.2 Å². The molecule has 1 fully saturated rings. The van der Waals surface area contributed by atoms with E-state index in [4.69, 9.17) is 32.7 Å². The number of rotatable bonds is 3. The third kappa shape index (κ3) is 5.18. The van der Waals surface area contributed by atoms with Gasteiger partial charge in [0.1, 0.15) is 11.4 Å². The van der Waals surface area contributed by atoms with Gasteiger partial charge in [-0.3, -0.25) is 0 Å². The van der Waals surface area contributed by atoms with Crippen LogP contribution in [0.4, 0.5) is 4.79 Å². The molecule has 25 heavy (non-hydrogen) atoms. The summed E-state index contributed by atoms with van der Waals surface area (Å²) in [5, 5.41) is 1.03. The SMILES string of the molecule is COc1cc(Cl)c(Cl)cc1C(C)C1CCN(C(=O)OC(C)(C)C)CC1. The topological polar surface area (TPSA) is 38.8 Å². The molecular formula is C19H27Cl2NO3. The van der Waals surface area contributed by atoms with E-state index >= 15 is 0 Å². The first-order chi connectivity index (χ1) is 11.6. The minimum Gasteiger partial charge on any atom is -0.496 e. The number of carbonyl (C=O) groups is 1. The number of hydrogen-bond acceptors (Lipinski definition) is 3. The van der Waals surface area contributed by atoms with E-state index in [9.17, 15) is 4.79 Å². The summed E-state index contributed by atoms with van der Waals surface area (Å²) < 4.78 is 10.9. The van der Waals surface area contributed by atoms with Crippen LogP contribution < -0.4 is 4.74 Å². The average Bonchev–Trinajstić information content (AvgIpc) is 2.55. The average molecular weight is 388 g/mol. The number of nitrogens with zero attached hydrogens (tertiary/aromatic N) is 1. The van der Waals surface area contributed by atoms with E-state index in [0.29, 0.717) is 29.1 Å². The van der Waals surface area contributed by atoms with E-state index in [-0.39, 0.29) is 12.0 Å². The van der Waals surface area contributed by atoms with Crippen LogP contribution in [-0.2, 0) is 4.74 Å². The van der Waals surface area contributed by atoms with Gasteiger partial charge in [0.05, 0.1) is 17.2 Å². The second-order valence-corrected chi connectivity index (χ2v) is 8.42. The first-order valence-corrected chi connectivity index (χ1v) is 9.39. The smallest absolute Gasteiger partial charge is 0.410 e. The highest BCUT2D eigenvalue weighted by molar-refractivity contribution is 6.42. The molecule has 1 atom stereocenters. The van der Waals surface area contributed by atoms with E-state index < -0.39 is 5.60 Å². The molecule has 1 amide bonds. The summed E-state index contributed by atoms with van der Waals surface area (Å²) in [7, 11) is 1.64. The Labute approximate surface area is 160 Å². The molecular weight excluding hydrogens is 361 g/mol. The molecule has 1 aromatic rings. The van der Waals surface area contributed by atoms with Crippen LogP contribution >= 0.6 is 23.2 Å². The van der Waals surface area contributed by atoms with Crippen LogP contribution in [0.2, 0.25) is 10.0 Å². The summed E-state index contributed by atoms with van der Waals surface area (Å²) in [5.41, 5.74) is 0.599. The number of methoxy groups -OCH3 is 1. The molecule has 1 aliphatic rings. The van der Waals surface area contributed by atoms with Gasteiger partial charge in [0.15, 0.2) is 0 Å². The fourth-order valence-corrected chi connectivity index (χ4v) is 3.56. The Hall–Kier alpha value is -1.13. The largest absolute Gasteiger partial charge is 0.496 e. The van der Waals surface area contributed by atoms with Crippen molar-refractivity contribution in [2.24, 2.45) is 5.92 Å². The highest BCUT2D eigenvalue weighted by atomic mass is 35.5. The van der Waals surface area contributed by atoms with Gasteiger partial charge in [-0.25, -0.2) is 4.79 Å². The van der Waals surface area contributed by atoms with Gasteiger partial charge in [-0.2, -0.15) is 0 Å². The molecule has 1 saturated heterocycles. The fourth-order valence-electron chi connectivity index (χ4n) is 3.24. The lowest BCUT2D eigenvalue weighted by Gasteiger charge is -2.36. The Kier molecular flexibility index (Phi) is 6.50. The zero-order valence-corrected chi connectivity index (χ0v) is 17.1. The van der Waals surface area contributed by atoms with E-state index in [1.807, 2.05) is 26.8 Å². The van der Waals surface area contributed by atoms with Crippen molar-refractivity contribution in [2.45, 2.75) is 52.1 Å². The molecule has 1 heterocycles. The van der Waals surface area contributed by atoms with E-state index in [0.717, 1.165) is 24.2 Å². The molecule has 1 aliphatic heterocycles. The molecule has 0 aromatic heterocycles. The Morgan fingerprint density at radius 3 is 2.28 bits per heavy atom. The monoisotopic (exact) mass is 387 g/mol. The molecule has 0 bridgehead atoms. The summed E-state index contributed by atoms with van der Waals surface area (Å²) in [6.45, 7) is 9.24. The first-order valence-electron chi connectivity index (χ1n) is 8.63. The third-order valence-electron chi connectivity index (χ3n) is 4.66.